The van der Waals surface area contributed by atoms with Crippen LogP contribution in [0.4, 0.5) is 0 Å². The standard InChI is InChI=1S/C14H22O3/c1-4-14(16,5-2)10-17-13-7-6-11(3)8-12(13)9-15/h6-8,15-16H,4-5,9-10H2,1-3H3. The van der Waals surface area contributed by atoms with Crippen molar-refractivity contribution in [2.75, 3.05) is 6.61 Å². The van der Waals surface area contributed by atoms with Crippen molar-refractivity contribution >= 4 is 0 Å². The molecule has 0 aliphatic carbocycles. The molecule has 3 heteroatoms. The maximum atomic E-state index is 10.1. The molecule has 1 aromatic carbocycles. The van der Waals surface area contributed by atoms with Crippen LogP contribution >= 0.6 is 0 Å². The zero-order valence-corrected chi connectivity index (χ0v) is 10.9. The van der Waals surface area contributed by atoms with Gasteiger partial charge in [0.05, 0.1) is 12.2 Å². The summed E-state index contributed by atoms with van der Waals surface area (Å²) < 4.78 is 5.62. The molecule has 0 heterocycles. The third-order valence-corrected chi connectivity index (χ3v) is 3.20. The maximum absolute atomic E-state index is 10.1. The zero-order valence-electron chi connectivity index (χ0n) is 10.9. The van der Waals surface area contributed by atoms with Gasteiger partial charge in [-0.1, -0.05) is 31.5 Å². The van der Waals surface area contributed by atoms with Crippen molar-refractivity contribution in [3.05, 3.63) is 29.3 Å². The summed E-state index contributed by atoms with van der Waals surface area (Å²) in [6.07, 6.45) is 1.31. The monoisotopic (exact) mass is 238 g/mol. The van der Waals surface area contributed by atoms with E-state index < -0.39 is 5.60 Å². The first-order valence-corrected chi connectivity index (χ1v) is 6.10. The lowest BCUT2D eigenvalue weighted by molar-refractivity contribution is -0.0118. The molecule has 0 amide bonds. The highest BCUT2D eigenvalue weighted by Crippen LogP contribution is 2.23. The molecule has 0 saturated carbocycles. The second kappa shape index (κ2) is 6.03. The smallest absolute Gasteiger partial charge is 0.124 e. The summed E-state index contributed by atoms with van der Waals surface area (Å²) in [5.41, 5.74) is 1.07. The molecule has 0 radical (unpaired) electrons. The number of benzene rings is 1. The summed E-state index contributed by atoms with van der Waals surface area (Å²) in [6.45, 7) is 6.06. The van der Waals surface area contributed by atoms with Gasteiger partial charge in [0.2, 0.25) is 0 Å². The molecular formula is C14H22O3. The number of rotatable bonds is 6. The maximum Gasteiger partial charge on any atom is 0.124 e. The minimum atomic E-state index is -0.780. The van der Waals surface area contributed by atoms with Crippen LogP contribution in [-0.2, 0) is 6.61 Å². The Bertz CT molecular complexity index is 356. The van der Waals surface area contributed by atoms with Crippen LogP contribution < -0.4 is 4.74 Å². The number of ether oxygens (including phenoxy) is 1. The first-order valence-electron chi connectivity index (χ1n) is 6.10. The van der Waals surface area contributed by atoms with Crippen molar-refractivity contribution in [3.8, 4) is 5.75 Å². The van der Waals surface area contributed by atoms with Crippen LogP contribution in [0.25, 0.3) is 0 Å². The molecule has 17 heavy (non-hydrogen) atoms. The first-order chi connectivity index (χ1) is 8.04. The fraction of sp³-hybridized carbons (Fsp3) is 0.571. The Morgan fingerprint density at radius 1 is 1.24 bits per heavy atom. The van der Waals surface area contributed by atoms with Crippen molar-refractivity contribution in [1.82, 2.24) is 0 Å². The van der Waals surface area contributed by atoms with Crippen LogP contribution in [0.2, 0.25) is 0 Å². The molecular weight excluding hydrogens is 216 g/mol. The molecule has 0 aromatic heterocycles. The molecule has 0 fully saturated rings. The summed E-state index contributed by atoms with van der Waals surface area (Å²) in [7, 11) is 0. The number of aliphatic hydroxyl groups excluding tert-OH is 1. The van der Waals surface area contributed by atoms with Crippen LogP contribution in [0.1, 0.15) is 37.8 Å². The van der Waals surface area contributed by atoms with Gasteiger partial charge in [0.15, 0.2) is 0 Å². The quantitative estimate of drug-likeness (QED) is 0.800. The predicted molar refractivity (Wildman–Crippen MR) is 68.1 cm³/mol. The predicted octanol–water partition coefficient (Wildman–Crippen LogP) is 2.42. The highest BCUT2D eigenvalue weighted by molar-refractivity contribution is 5.36. The second-order valence-electron chi connectivity index (χ2n) is 4.49. The van der Waals surface area contributed by atoms with Crippen molar-refractivity contribution in [1.29, 1.82) is 0 Å². The number of aryl methyl sites for hydroxylation is 1. The van der Waals surface area contributed by atoms with E-state index in [2.05, 4.69) is 0 Å². The van der Waals surface area contributed by atoms with Gasteiger partial charge in [-0.2, -0.15) is 0 Å². The topological polar surface area (TPSA) is 49.7 Å². The number of aliphatic hydroxyl groups is 2. The number of hydrogen-bond donors (Lipinski definition) is 2. The Labute approximate surface area is 103 Å². The Kier molecular flexibility index (Phi) is 4.97. The van der Waals surface area contributed by atoms with E-state index >= 15 is 0 Å². The van der Waals surface area contributed by atoms with E-state index in [0.29, 0.717) is 18.6 Å². The van der Waals surface area contributed by atoms with Gasteiger partial charge < -0.3 is 14.9 Å². The molecule has 96 valence electrons. The minimum absolute atomic E-state index is 0.0479. The van der Waals surface area contributed by atoms with E-state index in [0.717, 1.165) is 11.1 Å². The Balaban J connectivity index is 2.75. The zero-order chi connectivity index (χ0) is 12.9. The first kappa shape index (κ1) is 14.0. The largest absolute Gasteiger partial charge is 0.490 e. The van der Waals surface area contributed by atoms with E-state index in [-0.39, 0.29) is 13.2 Å². The van der Waals surface area contributed by atoms with Gasteiger partial charge in [-0.05, 0) is 25.8 Å². The second-order valence-corrected chi connectivity index (χ2v) is 4.49. The molecule has 0 aliphatic rings. The fourth-order valence-electron chi connectivity index (χ4n) is 1.64. The van der Waals surface area contributed by atoms with Crippen molar-refractivity contribution < 1.29 is 14.9 Å². The lowest BCUT2D eigenvalue weighted by Gasteiger charge is -2.25. The molecule has 0 saturated heterocycles. The highest BCUT2D eigenvalue weighted by Gasteiger charge is 2.23. The summed E-state index contributed by atoms with van der Waals surface area (Å²) >= 11 is 0. The van der Waals surface area contributed by atoms with Crippen LogP contribution in [0, 0.1) is 6.92 Å². The molecule has 3 nitrogen and oxygen atoms in total. The lowest BCUT2D eigenvalue weighted by atomic mass is 9.99. The van der Waals surface area contributed by atoms with Gasteiger partial charge in [-0.15, -0.1) is 0 Å². The summed E-state index contributed by atoms with van der Waals surface area (Å²) in [5.74, 6) is 0.651. The van der Waals surface area contributed by atoms with Gasteiger partial charge in [0.25, 0.3) is 0 Å². The van der Waals surface area contributed by atoms with Gasteiger partial charge in [-0.25, -0.2) is 0 Å². The molecule has 0 spiro atoms. The SMILES string of the molecule is CCC(O)(CC)COc1ccc(C)cc1CO. The summed E-state index contributed by atoms with van der Waals surface area (Å²) in [5, 5.41) is 19.4. The van der Waals surface area contributed by atoms with Gasteiger partial charge in [0, 0.05) is 5.56 Å². The molecule has 2 N–H and O–H groups in total. The Hall–Kier alpha value is -1.06. The Morgan fingerprint density at radius 3 is 2.41 bits per heavy atom. The average Bonchev–Trinajstić information content (AvgIpc) is 2.36. The number of hydrogen-bond acceptors (Lipinski definition) is 3. The van der Waals surface area contributed by atoms with Crippen molar-refractivity contribution in [3.63, 3.8) is 0 Å². The average molecular weight is 238 g/mol. The molecule has 1 rings (SSSR count). The van der Waals surface area contributed by atoms with Crippen LogP contribution in [0.3, 0.4) is 0 Å². The van der Waals surface area contributed by atoms with Crippen molar-refractivity contribution in [2.24, 2.45) is 0 Å². The Morgan fingerprint density at radius 2 is 1.88 bits per heavy atom. The minimum Gasteiger partial charge on any atom is -0.490 e. The molecule has 0 aliphatic heterocycles. The van der Waals surface area contributed by atoms with E-state index in [1.807, 2.05) is 39.0 Å². The molecule has 0 unspecified atom stereocenters. The van der Waals surface area contributed by atoms with E-state index in [1.54, 1.807) is 0 Å². The molecule has 0 bridgehead atoms. The third kappa shape index (κ3) is 3.72. The van der Waals surface area contributed by atoms with E-state index in [1.165, 1.54) is 0 Å². The van der Waals surface area contributed by atoms with Crippen LogP contribution in [0.15, 0.2) is 18.2 Å². The third-order valence-electron chi connectivity index (χ3n) is 3.20. The van der Waals surface area contributed by atoms with Crippen LogP contribution in [0.5, 0.6) is 5.75 Å². The van der Waals surface area contributed by atoms with E-state index in [4.69, 9.17) is 4.74 Å². The lowest BCUT2D eigenvalue weighted by Crippen LogP contribution is -2.34. The molecule has 1 aromatic rings. The summed E-state index contributed by atoms with van der Waals surface area (Å²) in [6, 6.07) is 5.67. The van der Waals surface area contributed by atoms with Crippen molar-refractivity contribution in [2.45, 2.75) is 45.8 Å². The van der Waals surface area contributed by atoms with Gasteiger partial charge in [-0.3, -0.25) is 0 Å². The summed E-state index contributed by atoms with van der Waals surface area (Å²) in [4.78, 5) is 0. The normalized spacial score (nSPS) is 11.6. The molecule has 0 atom stereocenters. The van der Waals surface area contributed by atoms with Crippen LogP contribution in [-0.4, -0.2) is 22.4 Å². The highest BCUT2D eigenvalue weighted by atomic mass is 16.5. The van der Waals surface area contributed by atoms with E-state index in [9.17, 15) is 10.2 Å². The van der Waals surface area contributed by atoms with Gasteiger partial charge in [0.1, 0.15) is 12.4 Å². The van der Waals surface area contributed by atoms with Gasteiger partial charge >= 0.3 is 0 Å². The fourth-order valence-corrected chi connectivity index (χ4v) is 1.64.